The highest BCUT2D eigenvalue weighted by Crippen LogP contribution is 2.11. The first-order chi connectivity index (χ1) is 6.54. The van der Waals surface area contributed by atoms with Gasteiger partial charge in [-0.25, -0.2) is 0 Å². The van der Waals surface area contributed by atoms with Gasteiger partial charge in [-0.15, -0.1) is 5.47 Å². The van der Waals surface area contributed by atoms with E-state index in [0.29, 0.717) is 12.1 Å². The van der Waals surface area contributed by atoms with Gasteiger partial charge in [-0.3, -0.25) is 15.8 Å². The van der Waals surface area contributed by atoms with E-state index < -0.39 is 0 Å². The van der Waals surface area contributed by atoms with Crippen LogP contribution in [0.1, 0.15) is 27.7 Å². The Morgan fingerprint density at radius 3 is 2.21 bits per heavy atom. The van der Waals surface area contributed by atoms with Gasteiger partial charge in [-0.1, -0.05) is 12.2 Å². The van der Waals surface area contributed by atoms with Gasteiger partial charge in [0.25, 0.3) is 5.33 Å². The maximum atomic E-state index is 3.73. The van der Waals surface area contributed by atoms with E-state index in [4.69, 9.17) is 0 Å². The van der Waals surface area contributed by atoms with Crippen molar-refractivity contribution < 1.29 is 4.48 Å². The molecule has 1 nitrogen and oxygen atoms in total. The molecule has 0 spiro atoms. The summed E-state index contributed by atoms with van der Waals surface area (Å²) in [7, 11) is 0. The molecule has 0 unspecified atom stereocenters. The predicted molar refractivity (Wildman–Crippen MR) is 65.9 cm³/mol. The molecule has 1 rings (SSSR count). The van der Waals surface area contributed by atoms with Gasteiger partial charge in [-0.2, -0.15) is 5.73 Å². The van der Waals surface area contributed by atoms with Crippen molar-refractivity contribution in [3.63, 3.8) is 0 Å². The highest BCUT2D eigenvalue weighted by molar-refractivity contribution is 9.24. The number of hydrogen-bond donors (Lipinski definition) is 0. The van der Waals surface area contributed by atoms with Crippen molar-refractivity contribution in [2.45, 2.75) is 39.8 Å². The molecule has 1 aliphatic rings. The van der Waals surface area contributed by atoms with Gasteiger partial charge in [0, 0.05) is 0 Å². The maximum Gasteiger partial charge on any atom is 0.275 e. The third-order valence-electron chi connectivity index (χ3n) is 2.33. The third kappa shape index (κ3) is 2.55. The zero-order chi connectivity index (χ0) is 10.7. The fraction of sp³-hybridized carbons (Fsp3) is 0.545. The number of rotatable bonds is 3. The van der Waals surface area contributed by atoms with Crippen LogP contribution in [-0.2, 0) is 0 Å². The molecule has 0 saturated carbocycles. The van der Waals surface area contributed by atoms with Crippen LogP contribution in [0.15, 0.2) is 29.4 Å². The molecule has 0 radical (unpaired) electrons. The Balaban J connectivity index is 3.11. The average Bonchev–Trinajstić information content (AvgIpc) is 2.53. The lowest BCUT2D eigenvalue weighted by Crippen LogP contribution is -2.32. The normalized spacial score (nSPS) is 14.1. The van der Waals surface area contributed by atoms with Crippen LogP contribution in [0.25, 0.3) is 0 Å². The molecular formula is C11H17BBrN. The maximum absolute atomic E-state index is 3.73. The highest BCUT2D eigenvalue weighted by atomic mass is 79.9. The molecule has 0 aromatic carbocycles. The molecule has 3 heteroatoms. The molecular weight excluding hydrogens is 237 g/mol. The van der Waals surface area contributed by atoms with Crippen molar-refractivity contribution in [2.75, 3.05) is 0 Å². The van der Waals surface area contributed by atoms with Gasteiger partial charge in [0.15, 0.2) is 0 Å². The van der Waals surface area contributed by atoms with Gasteiger partial charge in [0.1, 0.15) is 0 Å². The van der Waals surface area contributed by atoms with E-state index in [2.05, 4.69) is 59.7 Å². The lowest BCUT2D eigenvalue weighted by Gasteiger charge is -2.25. The first-order valence-corrected chi connectivity index (χ1v) is 6.00. The third-order valence-corrected chi connectivity index (χ3v) is 3.30. The number of halogens is 1. The minimum atomic E-state index is 0.275. The molecule has 0 heterocycles. The lowest BCUT2D eigenvalue weighted by atomic mass is 9.87. The molecule has 0 aliphatic heterocycles. The minimum Gasteiger partial charge on any atom is -0.481 e. The SMILES string of the molecule is CC(C)[N+](=[B-](Br)C1=C=CC=C1)C(C)C. The Morgan fingerprint density at radius 2 is 1.86 bits per heavy atom. The molecule has 14 heavy (non-hydrogen) atoms. The zero-order valence-corrected chi connectivity index (χ0v) is 10.9. The summed E-state index contributed by atoms with van der Waals surface area (Å²) >= 11 is 3.73. The summed E-state index contributed by atoms with van der Waals surface area (Å²) in [5, 5.41) is 0.275. The molecule has 0 aromatic rings. The molecule has 1 aliphatic carbocycles. The van der Waals surface area contributed by atoms with Crippen molar-refractivity contribution in [3.8, 4) is 0 Å². The zero-order valence-electron chi connectivity index (χ0n) is 9.29. The summed E-state index contributed by atoms with van der Waals surface area (Å²) in [5.41, 5.74) is 4.45. The summed E-state index contributed by atoms with van der Waals surface area (Å²) in [6.07, 6.45) is 6.10. The van der Waals surface area contributed by atoms with Crippen molar-refractivity contribution in [2.24, 2.45) is 0 Å². The second kappa shape index (κ2) is 4.90. The van der Waals surface area contributed by atoms with Crippen molar-refractivity contribution in [3.05, 3.63) is 29.4 Å². The number of nitrogens with zero attached hydrogens (tertiary/aromatic N) is 1. The first kappa shape index (κ1) is 11.7. The quantitative estimate of drug-likeness (QED) is 0.537. The number of hydrogen-bond acceptors (Lipinski definition) is 0. The van der Waals surface area contributed by atoms with Crippen LogP contribution in [-0.4, -0.2) is 21.9 Å². The van der Waals surface area contributed by atoms with Crippen molar-refractivity contribution in [1.29, 1.82) is 0 Å². The smallest absolute Gasteiger partial charge is 0.275 e. The van der Waals surface area contributed by atoms with Gasteiger partial charge in [0.05, 0.1) is 12.1 Å². The molecule has 0 aromatic heterocycles. The van der Waals surface area contributed by atoms with Crippen LogP contribution in [0.4, 0.5) is 0 Å². The predicted octanol–water partition coefficient (Wildman–Crippen LogP) is 3.16. The molecule has 0 fully saturated rings. The van der Waals surface area contributed by atoms with E-state index in [1.54, 1.807) is 0 Å². The fourth-order valence-electron chi connectivity index (χ4n) is 1.77. The first-order valence-electron chi connectivity index (χ1n) is 5.08. The minimum absolute atomic E-state index is 0.275. The monoisotopic (exact) mass is 253 g/mol. The van der Waals surface area contributed by atoms with E-state index in [1.165, 1.54) is 5.47 Å². The van der Waals surface area contributed by atoms with Crippen LogP contribution < -0.4 is 0 Å². The Kier molecular flexibility index (Phi) is 4.09. The summed E-state index contributed by atoms with van der Waals surface area (Å²) < 4.78 is 2.42. The molecule has 0 atom stereocenters. The van der Waals surface area contributed by atoms with E-state index in [0.717, 1.165) is 0 Å². The second-order valence-corrected chi connectivity index (χ2v) is 4.96. The van der Waals surface area contributed by atoms with Gasteiger partial charge in [0.2, 0.25) is 0 Å². The Labute approximate surface area is 95.0 Å². The average molecular weight is 254 g/mol. The molecule has 0 bridgehead atoms. The molecule has 0 amide bonds. The summed E-state index contributed by atoms with van der Waals surface area (Å²) in [5.74, 6) is 0. The number of allylic oxidation sites excluding steroid dienone is 3. The lowest BCUT2D eigenvalue weighted by molar-refractivity contribution is -0.575. The molecule has 0 N–H and O–H groups in total. The van der Waals surface area contributed by atoms with Gasteiger partial charge in [-0.05, 0) is 33.8 Å². The summed E-state index contributed by atoms with van der Waals surface area (Å²) in [4.78, 5) is 0. The standard InChI is InChI=1S/C11H17BBrN/c1-9(2)14(10(3)4)12(13)11-7-5-6-8-11/h5-7,9-10H,1-4H3. The largest absolute Gasteiger partial charge is 0.481 e. The topological polar surface area (TPSA) is 3.01 Å². The van der Waals surface area contributed by atoms with Gasteiger partial charge >= 0.3 is 0 Å². The van der Waals surface area contributed by atoms with Gasteiger partial charge < -0.3 is 4.48 Å². The van der Waals surface area contributed by atoms with E-state index in [-0.39, 0.29) is 5.33 Å². The van der Waals surface area contributed by atoms with Crippen molar-refractivity contribution in [1.82, 2.24) is 0 Å². The summed E-state index contributed by atoms with van der Waals surface area (Å²) in [6.45, 7) is 8.88. The summed E-state index contributed by atoms with van der Waals surface area (Å²) in [6, 6.07) is 1.06. The van der Waals surface area contributed by atoms with Crippen molar-refractivity contribution >= 4 is 21.1 Å². The Hall–Kier alpha value is -0.395. The van der Waals surface area contributed by atoms with Crippen LogP contribution >= 0.6 is 15.8 Å². The van der Waals surface area contributed by atoms with Crippen LogP contribution in [0.3, 0.4) is 0 Å². The van der Waals surface area contributed by atoms with E-state index in [9.17, 15) is 0 Å². The Morgan fingerprint density at radius 1 is 1.29 bits per heavy atom. The molecule has 0 saturated heterocycles. The van der Waals surface area contributed by atoms with E-state index >= 15 is 0 Å². The van der Waals surface area contributed by atoms with E-state index in [1.807, 2.05) is 12.2 Å². The highest BCUT2D eigenvalue weighted by Gasteiger charge is 2.12. The van der Waals surface area contributed by atoms with Crippen LogP contribution in [0, 0.1) is 0 Å². The Bertz CT molecular complexity index is 334. The van der Waals surface area contributed by atoms with Crippen LogP contribution in [0.5, 0.6) is 0 Å². The van der Waals surface area contributed by atoms with Crippen LogP contribution in [0.2, 0.25) is 0 Å². The second-order valence-electron chi connectivity index (χ2n) is 4.10. The molecule has 76 valence electrons. The fourth-order valence-corrected chi connectivity index (χ4v) is 3.00.